The number of rotatable bonds is 17. The molecule has 0 saturated heterocycles. The monoisotopic (exact) mass is 790 g/mol. The molecule has 0 bridgehead atoms. The molecule has 0 saturated carbocycles. The molecule has 290 valence electrons. The fraction of sp³-hybridized carbons (Fsp3) is 0.243. The fourth-order valence-corrected chi connectivity index (χ4v) is 6.72. The van der Waals surface area contributed by atoms with Gasteiger partial charge in [0, 0.05) is 31.4 Å². The molecule has 0 spiro atoms. The molecule has 55 heavy (non-hydrogen) atoms. The van der Waals surface area contributed by atoms with Crippen LogP contribution in [-0.2, 0) is 40.3 Å². The Morgan fingerprint density at radius 1 is 0.727 bits per heavy atom. The average Bonchev–Trinajstić information content (AvgIpc) is 3.81. The van der Waals surface area contributed by atoms with Crippen LogP contribution in [0.2, 0.25) is 0 Å². The van der Waals surface area contributed by atoms with Crippen molar-refractivity contribution < 1.29 is 53.3 Å². The summed E-state index contributed by atoms with van der Waals surface area (Å²) in [6.07, 6.45) is 1.06. The number of nitrogens with zero attached hydrogens (tertiary/aromatic N) is 4. The molecular formula is C37H32F6N4O7S. The number of hydrogen-bond acceptors (Lipinski definition) is 9. The van der Waals surface area contributed by atoms with E-state index >= 15 is 0 Å². The van der Waals surface area contributed by atoms with Gasteiger partial charge in [0.15, 0.2) is 4.90 Å². The van der Waals surface area contributed by atoms with Crippen LogP contribution in [-0.4, -0.2) is 40.8 Å². The first-order valence-electron chi connectivity index (χ1n) is 16.5. The number of benzene rings is 3. The smallest absolute Gasteiger partial charge is 0.416 e. The average molecular weight is 791 g/mol. The highest BCUT2D eigenvalue weighted by Crippen LogP contribution is 2.31. The summed E-state index contributed by atoms with van der Waals surface area (Å²) >= 11 is 0. The summed E-state index contributed by atoms with van der Waals surface area (Å²) in [6.45, 7) is 0.0796. The van der Waals surface area contributed by atoms with E-state index in [0.29, 0.717) is 42.7 Å². The van der Waals surface area contributed by atoms with E-state index < -0.39 is 49.0 Å². The first kappa shape index (κ1) is 40.6. The van der Waals surface area contributed by atoms with Gasteiger partial charge in [-0.2, -0.15) is 30.6 Å². The van der Waals surface area contributed by atoms with Crippen LogP contribution in [0.1, 0.15) is 64.7 Å². The van der Waals surface area contributed by atoms with Crippen LogP contribution in [0.25, 0.3) is 24.3 Å². The van der Waals surface area contributed by atoms with E-state index in [1.807, 2.05) is 0 Å². The summed E-state index contributed by atoms with van der Waals surface area (Å²) < 4.78 is 122. The first-order valence-corrected chi connectivity index (χ1v) is 17.9. The highest BCUT2D eigenvalue weighted by molar-refractivity contribution is 7.89. The third-order valence-electron chi connectivity index (χ3n) is 7.92. The maximum atomic E-state index is 13.8. The Morgan fingerprint density at radius 2 is 1.25 bits per heavy atom. The van der Waals surface area contributed by atoms with Crippen molar-refractivity contribution in [3.8, 4) is 0 Å². The van der Waals surface area contributed by atoms with E-state index in [0.717, 1.165) is 40.7 Å². The molecule has 0 aliphatic rings. The molecule has 0 amide bonds. The fourth-order valence-electron chi connectivity index (χ4n) is 5.11. The molecule has 0 radical (unpaired) electrons. The third-order valence-corrected chi connectivity index (χ3v) is 9.81. The lowest BCUT2D eigenvalue weighted by molar-refractivity contribution is -0.387. The van der Waals surface area contributed by atoms with Crippen molar-refractivity contribution in [3.63, 3.8) is 0 Å². The van der Waals surface area contributed by atoms with Gasteiger partial charge in [-0.3, -0.25) is 10.1 Å². The zero-order chi connectivity index (χ0) is 39.6. The van der Waals surface area contributed by atoms with Crippen molar-refractivity contribution in [3.05, 3.63) is 141 Å². The first-order chi connectivity index (χ1) is 26.1. The lowest BCUT2D eigenvalue weighted by Gasteiger charge is -2.21. The Balaban J connectivity index is 1.15. The molecule has 0 unspecified atom stereocenters. The van der Waals surface area contributed by atoms with E-state index in [4.69, 9.17) is 13.6 Å². The molecule has 2 heterocycles. The van der Waals surface area contributed by atoms with Gasteiger partial charge in [-0.25, -0.2) is 18.4 Å². The molecule has 18 heteroatoms. The summed E-state index contributed by atoms with van der Waals surface area (Å²) in [4.78, 5) is 18.9. The molecule has 5 rings (SSSR count). The van der Waals surface area contributed by atoms with Gasteiger partial charge in [-0.1, -0.05) is 36.4 Å². The van der Waals surface area contributed by atoms with E-state index in [-0.39, 0.29) is 37.2 Å². The van der Waals surface area contributed by atoms with Crippen molar-refractivity contribution in [2.24, 2.45) is 0 Å². The molecule has 11 nitrogen and oxygen atoms in total. The Morgan fingerprint density at radius 3 is 1.80 bits per heavy atom. The number of nitro benzene ring substituents is 1. The van der Waals surface area contributed by atoms with Crippen LogP contribution in [0, 0.1) is 10.1 Å². The predicted octanol–water partition coefficient (Wildman–Crippen LogP) is 9.53. The second-order valence-electron chi connectivity index (χ2n) is 11.9. The molecule has 5 aromatic rings. The standard InChI is InChI=1S/C37H32F6N4O7S/c38-36(39,40)28-14-8-26(9-15-28)12-18-34-44-30(24-53-34)22-46(55(50,51)33-7-3-2-6-32(33)47(48)49)20-4-1-5-21-52-23-31-25-54-35(45-31)19-13-27-10-16-29(17-11-27)37(41,42)43/h2-3,6-19,24-25H,1,4-5,20-23H2/b18-12+,19-13+. The van der Waals surface area contributed by atoms with Crippen molar-refractivity contribution in [1.29, 1.82) is 0 Å². The Labute approximate surface area is 310 Å². The molecular weight excluding hydrogens is 758 g/mol. The Kier molecular flexibility index (Phi) is 13.1. The Hall–Kier alpha value is -5.59. The number of alkyl halides is 6. The number of halogens is 6. The lowest BCUT2D eigenvalue weighted by atomic mass is 10.1. The highest BCUT2D eigenvalue weighted by Gasteiger charge is 2.32. The minimum atomic E-state index is -4.48. The molecule has 0 N–H and O–H groups in total. The maximum Gasteiger partial charge on any atom is 0.416 e. The van der Waals surface area contributed by atoms with E-state index in [1.165, 1.54) is 67.2 Å². The minimum Gasteiger partial charge on any atom is -0.445 e. The van der Waals surface area contributed by atoms with Gasteiger partial charge in [-0.05, 0) is 72.9 Å². The maximum absolute atomic E-state index is 13.8. The normalized spacial score (nSPS) is 12.7. The number of hydrogen-bond donors (Lipinski definition) is 0. The van der Waals surface area contributed by atoms with Crippen LogP contribution in [0.4, 0.5) is 32.0 Å². The number of aromatic nitrogens is 2. The van der Waals surface area contributed by atoms with Gasteiger partial charge in [0.2, 0.25) is 21.8 Å². The van der Waals surface area contributed by atoms with Crippen LogP contribution >= 0.6 is 0 Å². The summed E-state index contributed by atoms with van der Waals surface area (Å²) in [5.74, 6) is 0.289. The van der Waals surface area contributed by atoms with Crippen LogP contribution in [0.3, 0.4) is 0 Å². The lowest BCUT2D eigenvalue weighted by Crippen LogP contribution is -2.32. The second kappa shape index (κ2) is 17.7. The topological polar surface area (TPSA) is 142 Å². The van der Waals surface area contributed by atoms with Gasteiger partial charge in [0.1, 0.15) is 18.2 Å². The number of unbranched alkanes of at least 4 members (excludes halogenated alkanes) is 2. The number of ether oxygens (including phenoxy) is 1. The summed E-state index contributed by atoms with van der Waals surface area (Å²) in [7, 11) is -4.40. The summed E-state index contributed by atoms with van der Waals surface area (Å²) in [5.41, 5.74) is -0.507. The zero-order valence-electron chi connectivity index (χ0n) is 28.7. The number of oxazole rings is 2. The van der Waals surface area contributed by atoms with Crippen molar-refractivity contribution in [1.82, 2.24) is 14.3 Å². The Bertz CT molecular complexity index is 2210. The zero-order valence-corrected chi connectivity index (χ0v) is 29.5. The summed E-state index contributed by atoms with van der Waals surface area (Å²) in [6, 6.07) is 14.0. The van der Waals surface area contributed by atoms with Crippen molar-refractivity contribution in [2.45, 2.75) is 49.7 Å². The molecule has 0 aliphatic heterocycles. The van der Waals surface area contributed by atoms with Crippen molar-refractivity contribution >= 4 is 40.0 Å². The molecule has 0 atom stereocenters. The van der Waals surface area contributed by atoms with Gasteiger partial charge in [-0.15, -0.1) is 0 Å². The van der Waals surface area contributed by atoms with E-state index in [1.54, 1.807) is 6.08 Å². The largest absolute Gasteiger partial charge is 0.445 e. The van der Waals surface area contributed by atoms with Gasteiger partial charge >= 0.3 is 12.4 Å². The van der Waals surface area contributed by atoms with Gasteiger partial charge < -0.3 is 13.6 Å². The van der Waals surface area contributed by atoms with E-state index in [2.05, 4.69) is 9.97 Å². The van der Waals surface area contributed by atoms with Gasteiger partial charge in [0.05, 0.1) is 34.9 Å². The third kappa shape index (κ3) is 11.5. The number of sulfonamides is 1. The van der Waals surface area contributed by atoms with Crippen LogP contribution in [0.15, 0.2) is 99.1 Å². The predicted molar refractivity (Wildman–Crippen MR) is 188 cm³/mol. The summed E-state index contributed by atoms with van der Waals surface area (Å²) in [5, 5.41) is 11.7. The molecule has 2 aromatic heterocycles. The molecule has 0 fully saturated rings. The van der Waals surface area contributed by atoms with Crippen LogP contribution in [0.5, 0.6) is 0 Å². The second-order valence-corrected chi connectivity index (χ2v) is 13.8. The minimum absolute atomic E-state index is 0.0319. The molecule has 3 aromatic carbocycles. The highest BCUT2D eigenvalue weighted by atomic mass is 32.2. The quantitative estimate of drug-likeness (QED) is 0.0390. The van der Waals surface area contributed by atoms with Crippen LogP contribution < -0.4 is 0 Å². The van der Waals surface area contributed by atoms with Crippen molar-refractivity contribution in [2.75, 3.05) is 13.2 Å². The SMILES string of the molecule is O=[N+]([O-])c1ccccc1S(=O)(=O)N(CCCCCOCc1coc(/C=C/c2ccc(C(F)(F)F)cc2)n1)Cc1coc(/C=C/c2ccc(C(F)(F)F)cc2)n1. The van der Waals surface area contributed by atoms with E-state index in [9.17, 15) is 44.9 Å². The number of para-hydroxylation sites is 1. The number of nitro groups is 1. The molecule has 0 aliphatic carbocycles. The van der Waals surface area contributed by atoms with Gasteiger partial charge in [0.25, 0.3) is 5.69 Å².